The largest absolute Gasteiger partial charge is 0.467 e. The van der Waals surface area contributed by atoms with Crippen LogP contribution in [0, 0.1) is 0 Å². The Morgan fingerprint density at radius 3 is 2.64 bits per heavy atom. The number of nitrogens with two attached hydrogens (primary N) is 1. The maximum Gasteiger partial charge on any atom is 0.127 e. The first-order chi connectivity index (χ1) is 5.02. The molecule has 0 amide bonds. The molecule has 1 aromatic heterocycles. The molecule has 1 heterocycles. The van der Waals surface area contributed by atoms with E-state index >= 15 is 0 Å². The molecule has 2 N–H and O–H groups in total. The molecule has 0 saturated carbocycles. The van der Waals surface area contributed by atoms with E-state index in [4.69, 9.17) is 10.2 Å². The zero-order valence-electron chi connectivity index (χ0n) is 6.65. The monoisotopic (exact) mass is 173 g/mol. The van der Waals surface area contributed by atoms with Crippen LogP contribution in [0.1, 0.15) is 11.5 Å². The topological polar surface area (TPSA) is 56.2 Å². The third-order valence-corrected chi connectivity index (χ3v) is 3.10. The van der Waals surface area contributed by atoms with Crippen molar-refractivity contribution in [3.8, 4) is 0 Å². The summed E-state index contributed by atoms with van der Waals surface area (Å²) in [7, 11) is -2.26. The van der Waals surface area contributed by atoms with Crippen molar-refractivity contribution in [3.05, 3.63) is 24.2 Å². The lowest BCUT2D eigenvalue weighted by molar-refractivity contribution is 0.495. The zero-order chi connectivity index (χ0) is 8.48. The van der Waals surface area contributed by atoms with Gasteiger partial charge in [-0.2, -0.15) is 0 Å². The summed E-state index contributed by atoms with van der Waals surface area (Å²) in [6, 6.07) is 3.48. The molecule has 1 rings (SSSR count). The standard InChI is InChI=1S/C7H12NO2P/c1-11(2,9)7(8)6-4-3-5-10-6/h3-5,7H,8H2,1-2H3. The minimum absolute atomic E-state index is 0.461. The molecular formula is C7H12NO2P. The summed E-state index contributed by atoms with van der Waals surface area (Å²) >= 11 is 0. The maximum atomic E-state index is 11.4. The lowest BCUT2D eigenvalue weighted by Crippen LogP contribution is -2.08. The predicted molar refractivity (Wildman–Crippen MR) is 45.1 cm³/mol. The Morgan fingerprint density at radius 1 is 1.64 bits per heavy atom. The highest BCUT2D eigenvalue weighted by Gasteiger charge is 2.22. The van der Waals surface area contributed by atoms with Gasteiger partial charge < -0.3 is 14.7 Å². The van der Waals surface area contributed by atoms with E-state index in [1.807, 2.05) is 0 Å². The van der Waals surface area contributed by atoms with Crippen molar-refractivity contribution in [3.63, 3.8) is 0 Å². The predicted octanol–water partition coefficient (Wildman–Crippen LogP) is 1.86. The van der Waals surface area contributed by atoms with E-state index in [0.29, 0.717) is 5.76 Å². The van der Waals surface area contributed by atoms with Crippen LogP contribution in [0.2, 0.25) is 0 Å². The first-order valence-electron chi connectivity index (χ1n) is 3.35. The smallest absolute Gasteiger partial charge is 0.127 e. The van der Waals surface area contributed by atoms with Crippen molar-refractivity contribution in [2.75, 3.05) is 13.3 Å². The summed E-state index contributed by atoms with van der Waals surface area (Å²) in [5, 5.41) is 0. The maximum absolute atomic E-state index is 11.4. The van der Waals surface area contributed by atoms with E-state index in [0.717, 1.165) is 0 Å². The van der Waals surface area contributed by atoms with Crippen LogP contribution in [-0.4, -0.2) is 13.3 Å². The van der Waals surface area contributed by atoms with E-state index in [-0.39, 0.29) is 0 Å². The quantitative estimate of drug-likeness (QED) is 0.694. The Bertz CT molecular complexity index is 262. The molecular weight excluding hydrogens is 161 g/mol. The van der Waals surface area contributed by atoms with E-state index in [2.05, 4.69) is 0 Å². The lowest BCUT2D eigenvalue weighted by atomic mass is 10.4. The number of hydrogen-bond acceptors (Lipinski definition) is 3. The molecule has 0 aromatic carbocycles. The second kappa shape index (κ2) is 2.84. The second-order valence-corrected chi connectivity index (χ2v) is 6.32. The van der Waals surface area contributed by atoms with E-state index < -0.39 is 12.9 Å². The molecule has 0 saturated heterocycles. The van der Waals surface area contributed by atoms with Crippen molar-refractivity contribution in [1.29, 1.82) is 0 Å². The molecule has 0 radical (unpaired) electrons. The van der Waals surface area contributed by atoms with Crippen LogP contribution in [0.4, 0.5) is 0 Å². The molecule has 11 heavy (non-hydrogen) atoms. The van der Waals surface area contributed by atoms with Gasteiger partial charge in [0.15, 0.2) is 0 Å². The fourth-order valence-corrected chi connectivity index (χ4v) is 1.53. The Kier molecular flexibility index (Phi) is 2.21. The highest BCUT2D eigenvalue weighted by molar-refractivity contribution is 7.62. The van der Waals surface area contributed by atoms with Gasteiger partial charge in [0, 0.05) is 0 Å². The highest BCUT2D eigenvalue weighted by Crippen LogP contribution is 2.49. The Morgan fingerprint density at radius 2 is 2.27 bits per heavy atom. The van der Waals surface area contributed by atoms with Gasteiger partial charge in [-0.15, -0.1) is 0 Å². The average molecular weight is 173 g/mol. The SMILES string of the molecule is CP(C)(=O)C(N)c1ccco1. The highest BCUT2D eigenvalue weighted by atomic mass is 31.2. The van der Waals surface area contributed by atoms with Gasteiger partial charge in [-0.1, -0.05) is 0 Å². The third-order valence-electron chi connectivity index (χ3n) is 1.50. The van der Waals surface area contributed by atoms with Crippen molar-refractivity contribution in [1.82, 2.24) is 0 Å². The van der Waals surface area contributed by atoms with Gasteiger partial charge in [0.1, 0.15) is 18.7 Å². The number of furan rings is 1. The Balaban J connectivity index is 2.87. The molecule has 62 valence electrons. The number of rotatable bonds is 2. The fraction of sp³-hybridized carbons (Fsp3) is 0.429. The fourth-order valence-electron chi connectivity index (χ4n) is 0.766. The molecule has 1 aromatic rings. The minimum Gasteiger partial charge on any atom is -0.467 e. The summed E-state index contributed by atoms with van der Waals surface area (Å²) in [5.41, 5.74) is 5.66. The van der Waals surface area contributed by atoms with Crippen molar-refractivity contribution in [2.24, 2.45) is 5.73 Å². The van der Waals surface area contributed by atoms with E-state index in [1.54, 1.807) is 25.5 Å². The summed E-state index contributed by atoms with van der Waals surface area (Å²) in [6.45, 7) is 3.31. The normalized spacial score (nSPS) is 14.8. The van der Waals surface area contributed by atoms with Gasteiger partial charge in [0.25, 0.3) is 0 Å². The van der Waals surface area contributed by atoms with Crippen molar-refractivity contribution >= 4 is 7.14 Å². The summed E-state index contributed by atoms with van der Waals surface area (Å²) in [6.07, 6.45) is 1.53. The van der Waals surface area contributed by atoms with Crippen LogP contribution in [0.5, 0.6) is 0 Å². The summed E-state index contributed by atoms with van der Waals surface area (Å²) < 4.78 is 16.5. The van der Waals surface area contributed by atoms with Crippen LogP contribution >= 0.6 is 7.14 Å². The molecule has 4 heteroatoms. The van der Waals surface area contributed by atoms with Gasteiger partial charge in [-0.25, -0.2) is 0 Å². The van der Waals surface area contributed by atoms with Crippen LogP contribution < -0.4 is 5.73 Å². The molecule has 0 bridgehead atoms. The van der Waals surface area contributed by atoms with Crippen LogP contribution in [0.3, 0.4) is 0 Å². The second-order valence-electron chi connectivity index (χ2n) is 2.89. The molecule has 1 unspecified atom stereocenters. The van der Waals surface area contributed by atoms with Crippen LogP contribution in [0.15, 0.2) is 22.8 Å². The summed E-state index contributed by atoms with van der Waals surface area (Å²) in [4.78, 5) is 0. The third kappa shape index (κ3) is 1.95. The minimum atomic E-state index is -2.26. The molecule has 0 aliphatic rings. The molecule has 1 atom stereocenters. The lowest BCUT2D eigenvalue weighted by Gasteiger charge is -2.12. The molecule has 0 spiro atoms. The Hall–Kier alpha value is -0.530. The van der Waals surface area contributed by atoms with Crippen LogP contribution in [-0.2, 0) is 4.57 Å². The number of hydrogen-bond donors (Lipinski definition) is 1. The van der Waals surface area contributed by atoms with Gasteiger partial charge in [-0.05, 0) is 25.5 Å². The van der Waals surface area contributed by atoms with Gasteiger partial charge in [0.05, 0.1) is 6.26 Å². The van der Waals surface area contributed by atoms with Crippen molar-refractivity contribution < 1.29 is 8.98 Å². The van der Waals surface area contributed by atoms with Gasteiger partial charge >= 0.3 is 0 Å². The van der Waals surface area contributed by atoms with Gasteiger partial charge in [-0.3, -0.25) is 0 Å². The first-order valence-corrected chi connectivity index (χ1v) is 6.02. The van der Waals surface area contributed by atoms with E-state index in [9.17, 15) is 4.57 Å². The first kappa shape index (κ1) is 8.57. The average Bonchev–Trinajstić information content (AvgIpc) is 2.34. The van der Waals surface area contributed by atoms with Gasteiger partial charge in [0.2, 0.25) is 0 Å². The molecule has 0 aliphatic heterocycles. The molecule has 0 aliphatic carbocycles. The van der Waals surface area contributed by atoms with E-state index in [1.165, 1.54) is 6.26 Å². The molecule has 3 nitrogen and oxygen atoms in total. The Labute approximate surface area is 66.0 Å². The molecule has 0 fully saturated rings. The zero-order valence-corrected chi connectivity index (χ0v) is 7.54. The van der Waals surface area contributed by atoms with Crippen LogP contribution in [0.25, 0.3) is 0 Å². The summed E-state index contributed by atoms with van der Waals surface area (Å²) in [5.74, 6) is 0.135. The van der Waals surface area contributed by atoms with Crippen molar-refractivity contribution in [2.45, 2.75) is 5.78 Å².